The Morgan fingerprint density at radius 2 is 1.71 bits per heavy atom. The number of hydrogen-bond acceptors (Lipinski definition) is 4. The minimum atomic E-state index is -0.560. The highest BCUT2D eigenvalue weighted by Gasteiger charge is 2.18. The van der Waals surface area contributed by atoms with Crippen molar-refractivity contribution in [3.63, 3.8) is 0 Å². The van der Waals surface area contributed by atoms with E-state index in [1.807, 2.05) is 42.5 Å². The Labute approximate surface area is 169 Å². The van der Waals surface area contributed by atoms with E-state index < -0.39 is 12.0 Å². The zero-order chi connectivity index (χ0) is 20.4. The molecular weight excluding hydrogens is 380 g/mol. The van der Waals surface area contributed by atoms with Gasteiger partial charge < -0.3 is 15.4 Å². The lowest BCUT2D eigenvalue weighted by Gasteiger charge is -2.17. The van der Waals surface area contributed by atoms with E-state index in [0.717, 1.165) is 11.1 Å². The molecule has 2 aromatic rings. The van der Waals surface area contributed by atoms with E-state index in [2.05, 4.69) is 10.6 Å². The minimum absolute atomic E-state index is 0.0539. The topological polar surface area (TPSA) is 84.5 Å². The number of nitrogens with one attached hydrogen (secondary N) is 2. The van der Waals surface area contributed by atoms with Gasteiger partial charge in [0.1, 0.15) is 0 Å². The fourth-order valence-corrected chi connectivity index (χ4v) is 2.73. The van der Waals surface area contributed by atoms with Gasteiger partial charge in [-0.1, -0.05) is 54.1 Å². The van der Waals surface area contributed by atoms with Crippen LogP contribution in [0.1, 0.15) is 30.5 Å². The Kier molecular flexibility index (Phi) is 8.49. The molecule has 0 aliphatic heterocycles. The zero-order valence-electron chi connectivity index (χ0n) is 15.6. The molecule has 2 amide bonds. The Morgan fingerprint density at radius 1 is 1.04 bits per heavy atom. The van der Waals surface area contributed by atoms with Gasteiger partial charge in [-0.15, -0.1) is 0 Å². The van der Waals surface area contributed by atoms with Gasteiger partial charge in [-0.2, -0.15) is 0 Å². The van der Waals surface area contributed by atoms with Gasteiger partial charge in [-0.25, -0.2) is 0 Å². The standard InChI is InChI=1S/C21H23ClN2O4/c1-15(25)24-19(17-5-3-2-4-6-17)13-21(27)28-14-20(26)23-12-11-16-7-9-18(22)10-8-16/h2-10,19H,11-14H2,1H3,(H,23,26)(H,24,25)/t19-/m0/s1. The summed E-state index contributed by atoms with van der Waals surface area (Å²) in [7, 11) is 0. The van der Waals surface area contributed by atoms with Crippen LogP contribution in [-0.4, -0.2) is 30.9 Å². The van der Waals surface area contributed by atoms with Crippen LogP contribution in [0.3, 0.4) is 0 Å². The molecule has 2 rings (SSSR count). The summed E-state index contributed by atoms with van der Waals surface area (Å²) >= 11 is 5.83. The smallest absolute Gasteiger partial charge is 0.308 e. The summed E-state index contributed by atoms with van der Waals surface area (Å²) in [5.41, 5.74) is 1.84. The molecule has 0 fully saturated rings. The van der Waals surface area contributed by atoms with Crippen molar-refractivity contribution in [2.24, 2.45) is 0 Å². The van der Waals surface area contributed by atoms with Crippen LogP contribution in [-0.2, 0) is 25.5 Å². The van der Waals surface area contributed by atoms with E-state index >= 15 is 0 Å². The minimum Gasteiger partial charge on any atom is -0.456 e. The third-order valence-electron chi connectivity index (χ3n) is 3.96. The largest absolute Gasteiger partial charge is 0.456 e. The number of halogens is 1. The SMILES string of the molecule is CC(=O)N[C@@H](CC(=O)OCC(=O)NCCc1ccc(Cl)cc1)c1ccccc1. The number of hydrogen-bond donors (Lipinski definition) is 2. The number of amides is 2. The van der Waals surface area contributed by atoms with Crippen molar-refractivity contribution in [1.82, 2.24) is 10.6 Å². The molecule has 1 atom stereocenters. The average molecular weight is 403 g/mol. The molecule has 2 aromatic carbocycles. The Bertz CT molecular complexity index is 794. The molecule has 0 saturated heterocycles. The molecule has 0 aliphatic rings. The first kappa shape index (κ1) is 21.4. The van der Waals surface area contributed by atoms with Gasteiger partial charge in [0.25, 0.3) is 5.91 Å². The number of carbonyl (C=O) groups excluding carboxylic acids is 3. The number of esters is 1. The molecule has 0 radical (unpaired) electrons. The van der Waals surface area contributed by atoms with Crippen LogP contribution in [0.4, 0.5) is 0 Å². The predicted molar refractivity (Wildman–Crippen MR) is 107 cm³/mol. The zero-order valence-corrected chi connectivity index (χ0v) is 16.4. The molecule has 6 nitrogen and oxygen atoms in total. The van der Waals surface area contributed by atoms with Crippen LogP contribution in [0.25, 0.3) is 0 Å². The molecule has 148 valence electrons. The maximum absolute atomic E-state index is 12.1. The molecule has 0 spiro atoms. The summed E-state index contributed by atoms with van der Waals surface area (Å²) in [6, 6.07) is 16.0. The first-order chi connectivity index (χ1) is 13.4. The number of ether oxygens (including phenoxy) is 1. The van der Waals surface area contributed by atoms with Crippen LogP contribution in [0.2, 0.25) is 5.02 Å². The molecule has 0 aliphatic carbocycles. The van der Waals surface area contributed by atoms with Gasteiger partial charge in [0, 0.05) is 18.5 Å². The van der Waals surface area contributed by atoms with Crippen molar-refractivity contribution in [3.05, 3.63) is 70.7 Å². The highest BCUT2D eigenvalue weighted by atomic mass is 35.5. The third kappa shape index (κ3) is 7.80. The Morgan fingerprint density at radius 3 is 2.36 bits per heavy atom. The van der Waals surface area contributed by atoms with Crippen LogP contribution in [0.5, 0.6) is 0 Å². The second-order valence-electron chi connectivity index (χ2n) is 6.26. The molecule has 0 heterocycles. The third-order valence-corrected chi connectivity index (χ3v) is 4.22. The molecule has 28 heavy (non-hydrogen) atoms. The first-order valence-corrected chi connectivity index (χ1v) is 9.30. The Hall–Kier alpha value is -2.86. The van der Waals surface area contributed by atoms with Crippen LogP contribution >= 0.6 is 11.6 Å². The molecule has 0 unspecified atom stereocenters. The highest BCUT2D eigenvalue weighted by Crippen LogP contribution is 2.17. The lowest BCUT2D eigenvalue weighted by atomic mass is 10.0. The van der Waals surface area contributed by atoms with Crippen LogP contribution < -0.4 is 10.6 Å². The summed E-state index contributed by atoms with van der Waals surface area (Å²) in [6.07, 6.45) is 0.594. The van der Waals surface area contributed by atoms with E-state index in [1.54, 1.807) is 12.1 Å². The number of carbonyl (C=O) groups is 3. The van der Waals surface area contributed by atoms with Gasteiger partial charge in [0.05, 0.1) is 12.5 Å². The fourth-order valence-electron chi connectivity index (χ4n) is 2.60. The summed E-state index contributed by atoms with van der Waals surface area (Å²) in [5.74, 6) is -1.19. The quantitative estimate of drug-likeness (QED) is 0.631. The van der Waals surface area contributed by atoms with Crippen molar-refractivity contribution in [1.29, 1.82) is 0 Å². The second-order valence-corrected chi connectivity index (χ2v) is 6.69. The predicted octanol–water partition coefficient (Wildman–Crippen LogP) is 2.81. The summed E-state index contributed by atoms with van der Waals surface area (Å²) in [4.78, 5) is 35.3. The normalized spacial score (nSPS) is 11.4. The van der Waals surface area contributed by atoms with Crippen LogP contribution in [0, 0.1) is 0 Å². The number of benzene rings is 2. The molecule has 7 heteroatoms. The lowest BCUT2D eigenvalue weighted by Crippen LogP contribution is -2.32. The van der Waals surface area contributed by atoms with Gasteiger partial charge >= 0.3 is 5.97 Å². The highest BCUT2D eigenvalue weighted by molar-refractivity contribution is 6.30. The van der Waals surface area contributed by atoms with Crippen molar-refractivity contribution >= 4 is 29.4 Å². The summed E-state index contributed by atoms with van der Waals surface area (Å²) < 4.78 is 5.04. The lowest BCUT2D eigenvalue weighted by molar-refractivity contribution is -0.149. The van der Waals surface area contributed by atoms with Gasteiger partial charge in [-0.05, 0) is 29.7 Å². The molecule has 2 N–H and O–H groups in total. The van der Waals surface area contributed by atoms with Crippen molar-refractivity contribution < 1.29 is 19.1 Å². The van der Waals surface area contributed by atoms with Crippen molar-refractivity contribution in [2.75, 3.05) is 13.2 Å². The monoisotopic (exact) mass is 402 g/mol. The second kappa shape index (κ2) is 11.1. The van der Waals surface area contributed by atoms with Gasteiger partial charge in [0.2, 0.25) is 5.91 Å². The van der Waals surface area contributed by atoms with E-state index in [-0.39, 0.29) is 24.8 Å². The maximum atomic E-state index is 12.1. The van der Waals surface area contributed by atoms with Crippen molar-refractivity contribution in [3.8, 4) is 0 Å². The van der Waals surface area contributed by atoms with E-state index in [4.69, 9.17) is 16.3 Å². The fraction of sp³-hybridized carbons (Fsp3) is 0.286. The van der Waals surface area contributed by atoms with Gasteiger partial charge in [0.15, 0.2) is 6.61 Å². The summed E-state index contributed by atoms with van der Waals surface area (Å²) in [6.45, 7) is 1.45. The molecule has 0 bridgehead atoms. The molecule has 0 saturated carbocycles. The summed E-state index contributed by atoms with van der Waals surface area (Å²) in [5, 5.41) is 6.08. The van der Waals surface area contributed by atoms with Crippen LogP contribution in [0.15, 0.2) is 54.6 Å². The van der Waals surface area contributed by atoms with Gasteiger partial charge in [-0.3, -0.25) is 14.4 Å². The Balaban J connectivity index is 1.74. The number of rotatable bonds is 9. The maximum Gasteiger partial charge on any atom is 0.308 e. The first-order valence-electron chi connectivity index (χ1n) is 8.93. The average Bonchev–Trinajstić information content (AvgIpc) is 2.68. The van der Waals surface area contributed by atoms with E-state index in [0.29, 0.717) is 18.0 Å². The van der Waals surface area contributed by atoms with Crippen molar-refractivity contribution in [2.45, 2.75) is 25.8 Å². The van der Waals surface area contributed by atoms with E-state index in [1.165, 1.54) is 6.92 Å². The van der Waals surface area contributed by atoms with E-state index in [9.17, 15) is 14.4 Å². The molecule has 0 aromatic heterocycles. The molecular formula is C21H23ClN2O4.